The van der Waals surface area contributed by atoms with Gasteiger partial charge >= 0.3 is 18.2 Å². The molecule has 1 saturated heterocycles. The molecule has 3 rings (SSSR count). The number of benzene rings is 1. The maximum absolute atomic E-state index is 13.4. The highest BCUT2D eigenvalue weighted by Gasteiger charge is 2.39. The van der Waals surface area contributed by atoms with Gasteiger partial charge in [-0.1, -0.05) is 6.92 Å². The average Bonchev–Trinajstić information content (AvgIpc) is 2.84. The predicted molar refractivity (Wildman–Crippen MR) is 150 cm³/mol. The van der Waals surface area contributed by atoms with Gasteiger partial charge in [0.1, 0.15) is 35.3 Å². The SMILES string of the molecule is CCC(C(=O)OC)N(C(=O)OC(C)(C)C)c1cc2c(cc1[N+](=O)[O-])CN1CCN(C(=O)OC(C)(C)C)C/C1=C/CO2. The summed E-state index contributed by atoms with van der Waals surface area (Å²) < 4.78 is 22.0. The van der Waals surface area contributed by atoms with Crippen molar-refractivity contribution in [3.8, 4) is 5.75 Å². The first kappa shape index (κ1) is 31.5. The molecule has 0 radical (unpaired) electrons. The lowest BCUT2D eigenvalue weighted by molar-refractivity contribution is -0.384. The summed E-state index contributed by atoms with van der Waals surface area (Å²) >= 11 is 0. The fourth-order valence-electron chi connectivity index (χ4n) is 4.54. The molecular formula is C28H40N4O9. The van der Waals surface area contributed by atoms with Crippen LogP contribution in [0.2, 0.25) is 0 Å². The maximum Gasteiger partial charge on any atom is 0.415 e. The molecule has 0 aromatic heterocycles. The zero-order chi connectivity index (χ0) is 30.7. The molecular weight excluding hydrogens is 536 g/mol. The number of nitrogens with zero attached hydrogens (tertiary/aromatic N) is 4. The molecule has 1 atom stereocenters. The van der Waals surface area contributed by atoms with Gasteiger partial charge < -0.3 is 28.7 Å². The average molecular weight is 577 g/mol. The standard InChI is InChI=1S/C28H40N4O9/c1-9-20(24(33)38-8)31(26(35)41-28(5,6)7)21-15-23-18(14-22(21)32(36)37)16-29-11-12-30(17-19(29)10-13-39-23)25(34)40-27(2,3)4/h10,14-15,20H,9,11-13,16-17H2,1-8H3/b19-10-. The van der Waals surface area contributed by atoms with Crippen molar-refractivity contribution >= 4 is 29.5 Å². The Hall–Kier alpha value is -4.03. The van der Waals surface area contributed by atoms with Crippen LogP contribution in [0.4, 0.5) is 21.0 Å². The molecule has 41 heavy (non-hydrogen) atoms. The Kier molecular flexibility index (Phi) is 9.40. The van der Waals surface area contributed by atoms with E-state index >= 15 is 0 Å². The number of ether oxygens (including phenoxy) is 4. The minimum Gasteiger partial charge on any atom is -0.489 e. The summed E-state index contributed by atoms with van der Waals surface area (Å²) in [6.07, 6.45) is 0.619. The van der Waals surface area contributed by atoms with Gasteiger partial charge in [0, 0.05) is 43.0 Å². The molecule has 226 valence electrons. The molecule has 1 aromatic carbocycles. The highest BCUT2D eigenvalue weighted by molar-refractivity contribution is 5.98. The number of carbonyl (C=O) groups is 3. The Morgan fingerprint density at radius 3 is 2.29 bits per heavy atom. The number of anilines is 1. The van der Waals surface area contributed by atoms with Crippen LogP contribution in [0.1, 0.15) is 60.5 Å². The van der Waals surface area contributed by atoms with E-state index in [0.717, 1.165) is 10.6 Å². The van der Waals surface area contributed by atoms with Crippen LogP contribution in [0.25, 0.3) is 0 Å². The van der Waals surface area contributed by atoms with Gasteiger partial charge in [-0.05, 0) is 54.0 Å². The van der Waals surface area contributed by atoms with E-state index in [4.69, 9.17) is 18.9 Å². The lowest BCUT2D eigenvalue weighted by Gasteiger charge is -2.39. The summed E-state index contributed by atoms with van der Waals surface area (Å²) in [6, 6.07) is 1.58. The van der Waals surface area contributed by atoms with Gasteiger partial charge in [0.05, 0.1) is 18.6 Å². The summed E-state index contributed by atoms with van der Waals surface area (Å²) in [6.45, 7) is 13.6. The molecule has 0 spiro atoms. The third-order valence-electron chi connectivity index (χ3n) is 6.35. The highest BCUT2D eigenvalue weighted by Crippen LogP contribution is 2.39. The number of nitro benzene ring substituents is 1. The second-order valence-electron chi connectivity index (χ2n) is 11.8. The lowest BCUT2D eigenvalue weighted by atomic mass is 10.1. The highest BCUT2D eigenvalue weighted by atomic mass is 16.6. The van der Waals surface area contributed by atoms with Crippen molar-refractivity contribution in [1.82, 2.24) is 9.80 Å². The zero-order valence-electron chi connectivity index (χ0n) is 25.0. The molecule has 0 bridgehead atoms. The lowest BCUT2D eigenvalue weighted by Crippen LogP contribution is -2.49. The van der Waals surface area contributed by atoms with E-state index in [1.807, 2.05) is 11.0 Å². The summed E-state index contributed by atoms with van der Waals surface area (Å²) in [7, 11) is 1.18. The Morgan fingerprint density at radius 2 is 1.73 bits per heavy atom. The maximum atomic E-state index is 13.4. The normalized spacial score (nSPS) is 17.3. The van der Waals surface area contributed by atoms with Gasteiger partial charge in [-0.25, -0.2) is 14.4 Å². The second-order valence-corrected chi connectivity index (χ2v) is 11.8. The number of piperazine rings is 1. The molecule has 1 aromatic rings. The Balaban J connectivity index is 2.01. The summed E-state index contributed by atoms with van der Waals surface area (Å²) in [5.41, 5.74) is -0.737. The van der Waals surface area contributed by atoms with Crippen molar-refractivity contribution in [3.05, 3.63) is 39.6 Å². The quantitative estimate of drug-likeness (QED) is 0.211. The predicted octanol–water partition coefficient (Wildman–Crippen LogP) is 4.62. The molecule has 13 nitrogen and oxygen atoms in total. The fourth-order valence-corrected chi connectivity index (χ4v) is 4.54. The second kappa shape index (κ2) is 12.2. The van der Waals surface area contributed by atoms with Gasteiger partial charge in [-0.3, -0.25) is 15.0 Å². The van der Waals surface area contributed by atoms with Crippen molar-refractivity contribution in [1.29, 1.82) is 0 Å². The van der Waals surface area contributed by atoms with Gasteiger partial charge in [-0.15, -0.1) is 0 Å². The number of rotatable bonds is 5. The van der Waals surface area contributed by atoms with Crippen LogP contribution in [0.3, 0.4) is 0 Å². The summed E-state index contributed by atoms with van der Waals surface area (Å²) in [5.74, 6) is -0.417. The Bertz CT molecular complexity index is 1220. The molecule has 2 amide bonds. The van der Waals surface area contributed by atoms with Crippen LogP contribution in [-0.4, -0.2) is 83.5 Å². The van der Waals surface area contributed by atoms with Gasteiger partial charge in [0.15, 0.2) is 0 Å². The number of amides is 2. The first-order valence-corrected chi connectivity index (χ1v) is 13.5. The zero-order valence-corrected chi connectivity index (χ0v) is 25.0. The first-order chi connectivity index (χ1) is 19.0. The van der Waals surface area contributed by atoms with Gasteiger partial charge in [-0.2, -0.15) is 0 Å². The van der Waals surface area contributed by atoms with Gasteiger partial charge in [0.25, 0.3) is 5.69 Å². The van der Waals surface area contributed by atoms with Crippen LogP contribution >= 0.6 is 0 Å². The van der Waals surface area contributed by atoms with Crippen LogP contribution in [0, 0.1) is 10.1 Å². The van der Waals surface area contributed by atoms with E-state index in [9.17, 15) is 24.5 Å². The molecule has 1 unspecified atom stereocenters. The van der Waals surface area contributed by atoms with E-state index in [-0.39, 0.29) is 30.9 Å². The first-order valence-electron chi connectivity index (χ1n) is 13.5. The molecule has 2 aliphatic heterocycles. The molecule has 13 heteroatoms. The van der Waals surface area contributed by atoms with E-state index in [2.05, 4.69) is 0 Å². The Morgan fingerprint density at radius 1 is 1.07 bits per heavy atom. The molecule has 2 aliphatic rings. The van der Waals surface area contributed by atoms with Crippen molar-refractivity contribution in [2.24, 2.45) is 0 Å². The van der Waals surface area contributed by atoms with Crippen molar-refractivity contribution in [2.75, 3.05) is 38.3 Å². The van der Waals surface area contributed by atoms with Crippen LogP contribution < -0.4 is 9.64 Å². The van der Waals surface area contributed by atoms with Crippen LogP contribution in [0.5, 0.6) is 5.75 Å². The minimum absolute atomic E-state index is 0.110. The van der Waals surface area contributed by atoms with Crippen molar-refractivity contribution in [3.63, 3.8) is 0 Å². The third-order valence-corrected chi connectivity index (χ3v) is 6.35. The molecule has 0 aliphatic carbocycles. The number of carbonyl (C=O) groups excluding carboxylic acids is 3. The number of esters is 1. The topological polar surface area (TPSA) is 141 Å². The molecule has 2 heterocycles. The number of hydrogen-bond acceptors (Lipinski definition) is 10. The van der Waals surface area contributed by atoms with Gasteiger partial charge in [0.2, 0.25) is 0 Å². The molecule has 0 saturated carbocycles. The molecule has 0 N–H and O–H groups in total. The number of fused-ring (bicyclic) bond motifs is 2. The fraction of sp³-hybridized carbons (Fsp3) is 0.607. The number of methoxy groups -OCH3 is 1. The Labute approximate surface area is 240 Å². The van der Waals surface area contributed by atoms with Crippen molar-refractivity contribution < 1.29 is 38.3 Å². The van der Waals surface area contributed by atoms with Crippen molar-refractivity contribution in [2.45, 2.75) is 78.7 Å². The number of nitro groups is 1. The summed E-state index contributed by atoms with van der Waals surface area (Å²) in [5, 5.41) is 12.3. The minimum atomic E-state index is -1.17. The number of hydrogen-bond donors (Lipinski definition) is 0. The smallest absolute Gasteiger partial charge is 0.415 e. The van der Waals surface area contributed by atoms with Crippen LogP contribution in [0.15, 0.2) is 23.9 Å². The van der Waals surface area contributed by atoms with Crippen LogP contribution in [-0.2, 0) is 25.5 Å². The van der Waals surface area contributed by atoms with E-state index in [1.54, 1.807) is 53.4 Å². The molecule has 1 fully saturated rings. The monoisotopic (exact) mass is 576 g/mol. The van der Waals surface area contributed by atoms with E-state index in [1.165, 1.54) is 19.2 Å². The summed E-state index contributed by atoms with van der Waals surface area (Å²) in [4.78, 5) is 55.0. The third kappa shape index (κ3) is 7.80. The van der Waals surface area contributed by atoms with E-state index < -0.39 is 40.3 Å². The van der Waals surface area contributed by atoms with E-state index in [0.29, 0.717) is 30.9 Å². The largest absolute Gasteiger partial charge is 0.489 e.